The minimum absolute atomic E-state index is 0. The molecule has 2 rings (SSSR count). The lowest BCUT2D eigenvalue weighted by atomic mass is 9.85. The number of nitrogens with zero attached hydrogens (tertiary/aromatic N) is 1. The van der Waals surface area contributed by atoms with E-state index in [-0.39, 0.29) is 36.7 Å². The van der Waals surface area contributed by atoms with Gasteiger partial charge in [-0.05, 0) is 18.8 Å². The molecule has 0 aromatic rings. The molecule has 5 nitrogen and oxygen atoms in total. The van der Waals surface area contributed by atoms with Gasteiger partial charge in [0.2, 0.25) is 11.8 Å². The first-order valence-electron chi connectivity index (χ1n) is 7.10. The van der Waals surface area contributed by atoms with Crippen LogP contribution in [0.1, 0.15) is 25.7 Å². The Labute approximate surface area is 126 Å². The zero-order valence-corrected chi connectivity index (χ0v) is 12.6. The molecule has 6 heteroatoms. The van der Waals surface area contributed by atoms with Crippen molar-refractivity contribution in [1.82, 2.24) is 15.5 Å². The van der Waals surface area contributed by atoms with Gasteiger partial charge in [0.15, 0.2) is 0 Å². The smallest absolute Gasteiger partial charge is 0.240 e. The normalized spacial score (nSPS) is 22.7. The van der Waals surface area contributed by atoms with Crippen LogP contribution in [0.2, 0.25) is 0 Å². The lowest BCUT2D eigenvalue weighted by Gasteiger charge is -2.37. The summed E-state index contributed by atoms with van der Waals surface area (Å²) in [5.74, 6) is 0.653. The van der Waals surface area contributed by atoms with Crippen LogP contribution in [-0.2, 0) is 9.59 Å². The van der Waals surface area contributed by atoms with E-state index < -0.39 is 0 Å². The van der Waals surface area contributed by atoms with Crippen molar-refractivity contribution in [1.29, 1.82) is 0 Å². The first kappa shape index (κ1) is 17.0. The van der Waals surface area contributed by atoms with Gasteiger partial charge in [0.1, 0.15) is 0 Å². The molecular formula is C14H24ClN3O2. The molecule has 2 amide bonds. The minimum atomic E-state index is -0.362. The summed E-state index contributed by atoms with van der Waals surface area (Å²) < 4.78 is 0. The van der Waals surface area contributed by atoms with Crippen molar-refractivity contribution in [3.8, 4) is 0 Å². The highest BCUT2D eigenvalue weighted by atomic mass is 35.5. The molecule has 1 saturated carbocycles. The van der Waals surface area contributed by atoms with Gasteiger partial charge in [-0.2, -0.15) is 0 Å². The number of carbonyl (C=O) groups excluding carboxylic acids is 2. The second-order valence-corrected chi connectivity index (χ2v) is 5.38. The van der Waals surface area contributed by atoms with E-state index in [0.29, 0.717) is 12.5 Å². The first-order valence-corrected chi connectivity index (χ1v) is 7.10. The van der Waals surface area contributed by atoms with Crippen LogP contribution in [0.5, 0.6) is 0 Å². The predicted molar refractivity (Wildman–Crippen MR) is 80.8 cm³/mol. The van der Waals surface area contributed by atoms with Gasteiger partial charge < -0.3 is 15.5 Å². The lowest BCUT2D eigenvalue weighted by molar-refractivity contribution is -0.139. The zero-order chi connectivity index (χ0) is 13.7. The average Bonchev–Trinajstić information content (AvgIpc) is 2.35. The molecule has 1 unspecified atom stereocenters. The zero-order valence-electron chi connectivity index (χ0n) is 11.8. The van der Waals surface area contributed by atoms with Crippen LogP contribution in [0.4, 0.5) is 0 Å². The first-order chi connectivity index (χ1) is 9.20. The Hall–Kier alpha value is -1.07. The Bertz CT molecular complexity index is 358. The molecule has 0 aromatic heterocycles. The van der Waals surface area contributed by atoms with Crippen LogP contribution < -0.4 is 10.6 Å². The predicted octanol–water partition coefficient (Wildman–Crippen LogP) is 0.701. The number of hydrogen-bond donors (Lipinski definition) is 2. The maximum Gasteiger partial charge on any atom is 0.240 e. The van der Waals surface area contributed by atoms with Crippen molar-refractivity contribution in [2.24, 2.45) is 5.92 Å². The summed E-state index contributed by atoms with van der Waals surface area (Å²) in [6.07, 6.45) is 5.62. The molecule has 1 heterocycles. The highest BCUT2D eigenvalue weighted by Gasteiger charge is 2.32. The van der Waals surface area contributed by atoms with E-state index >= 15 is 0 Å². The van der Waals surface area contributed by atoms with Crippen LogP contribution in [-0.4, -0.2) is 48.9 Å². The van der Waals surface area contributed by atoms with Crippen molar-refractivity contribution in [2.75, 3.05) is 26.2 Å². The van der Waals surface area contributed by atoms with Gasteiger partial charge in [-0.25, -0.2) is 0 Å². The van der Waals surface area contributed by atoms with E-state index in [1.165, 1.54) is 19.3 Å². The van der Waals surface area contributed by atoms with Crippen molar-refractivity contribution in [2.45, 2.75) is 31.7 Å². The summed E-state index contributed by atoms with van der Waals surface area (Å²) in [7, 11) is 0. The van der Waals surface area contributed by atoms with Gasteiger partial charge in [0, 0.05) is 26.2 Å². The Morgan fingerprint density at radius 1 is 1.50 bits per heavy atom. The molecule has 2 aliphatic rings. The van der Waals surface area contributed by atoms with Gasteiger partial charge in [-0.3, -0.25) is 9.59 Å². The molecular weight excluding hydrogens is 278 g/mol. The quantitative estimate of drug-likeness (QED) is 0.710. The van der Waals surface area contributed by atoms with Gasteiger partial charge in [-0.15, -0.1) is 19.0 Å². The van der Waals surface area contributed by atoms with E-state index in [2.05, 4.69) is 17.2 Å². The molecule has 0 aromatic carbocycles. The summed E-state index contributed by atoms with van der Waals surface area (Å²) in [5, 5.41) is 5.85. The van der Waals surface area contributed by atoms with E-state index in [4.69, 9.17) is 0 Å². The number of nitrogens with one attached hydrogen (secondary N) is 2. The average molecular weight is 302 g/mol. The van der Waals surface area contributed by atoms with Gasteiger partial charge in [0.25, 0.3) is 0 Å². The third-order valence-electron chi connectivity index (χ3n) is 3.92. The Kier molecular flexibility index (Phi) is 7.02. The van der Waals surface area contributed by atoms with Gasteiger partial charge in [0.05, 0.1) is 12.5 Å². The van der Waals surface area contributed by atoms with Crippen LogP contribution in [0.25, 0.3) is 0 Å². The number of carbonyl (C=O) groups is 2. The van der Waals surface area contributed by atoms with Gasteiger partial charge in [-0.1, -0.05) is 12.5 Å². The SMILES string of the molecule is C=CCNC(=O)CC1NCCN(CC2CCC2)C1=O.Cl. The number of piperazine rings is 1. The molecule has 1 atom stereocenters. The third kappa shape index (κ3) is 4.49. The molecule has 1 aliphatic heterocycles. The molecule has 0 spiro atoms. The molecule has 2 fully saturated rings. The second kappa shape index (κ2) is 8.27. The lowest BCUT2D eigenvalue weighted by Crippen LogP contribution is -2.57. The van der Waals surface area contributed by atoms with Crippen molar-refractivity contribution in [3.05, 3.63) is 12.7 Å². The topological polar surface area (TPSA) is 61.4 Å². The summed E-state index contributed by atoms with van der Waals surface area (Å²) in [6, 6.07) is -0.362. The third-order valence-corrected chi connectivity index (χ3v) is 3.92. The Balaban J connectivity index is 0.00000200. The van der Waals surface area contributed by atoms with E-state index in [0.717, 1.165) is 19.6 Å². The van der Waals surface area contributed by atoms with Crippen molar-refractivity contribution >= 4 is 24.2 Å². The van der Waals surface area contributed by atoms with Gasteiger partial charge >= 0.3 is 0 Å². The maximum absolute atomic E-state index is 12.3. The summed E-state index contributed by atoms with van der Waals surface area (Å²) in [5.41, 5.74) is 0. The van der Waals surface area contributed by atoms with E-state index in [1.807, 2.05) is 4.90 Å². The number of rotatable bonds is 6. The summed E-state index contributed by atoms with van der Waals surface area (Å²) in [4.78, 5) is 25.8. The van der Waals surface area contributed by atoms with E-state index in [1.54, 1.807) is 6.08 Å². The van der Waals surface area contributed by atoms with Crippen LogP contribution >= 0.6 is 12.4 Å². The highest BCUT2D eigenvalue weighted by molar-refractivity contribution is 5.89. The molecule has 2 N–H and O–H groups in total. The summed E-state index contributed by atoms with van der Waals surface area (Å²) in [6.45, 7) is 6.41. The number of halogens is 1. The molecule has 1 saturated heterocycles. The maximum atomic E-state index is 12.3. The minimum Gasteiger partial charge on any atom is -0.353 e. The monoisotopic (exact) mass is 301 g/mol. The standard InChI is InChI=1S/C14H23N3O2.ClH/c1-2-6-16-13(18)9-12-14(19)17(8-7-15-12)10-11-4-3-5-11;/h2,11-12,15H,1,3-10H2,(H,16,18);1H. The molecule has 0 radical (unpaired) electrons. The molecule has 0 bridgehead atoms. The Morgan fingerprint density at radius 3 is 2.85 bits per heavy atom. The van der Waals surface area contributed by atoms with E-state index in [9.17, 15) is 9.59 Å². The molecule has 20 heavy (non-hydrogen) atoms. The van der Waals surface area contributed by atoms with Crippen LogP contribution in [0, 0.1) is 5.92 Å². The van der Waals surface area contributed by atoms with Crippen LogP contribution in [0.15, 0.2) is 12.7 Å². The fourth-order valence-electron chi connectivity index (χ4n) is 2.56. The fourth-order valence-corrected chi connectivity index (χ4v) is 2.56. The fraction of sp³-hybridized carbons (Fsp3) is 0.714. The van der Waals surface area contributed by atoms with Crippen LogP contribution in [0.3, 0.4) is 0 Å². The number of hydrogen-bond acceptors (Lipinski definition) is 3. The molecule has 1 aliphatic carbocycles. The molecule has 114 valence electrons. The summed E-state index contributed by atoms with van der Waals surface area (Å²) >= 11 is 0. The number of amides is 2. The van der Waals surface area contributed by atoms with Crippen molar-refractivity contribution < 1.29 is 9.59 Å². The van der Waals surface area contributed by atoms with Crippen molar-refractivity contribution in [3.63, 3.8) is 0 Å². The largest absolute Gasteiger partial charge is 0.353 e. The Morgan fingerprint density at radius 2 is 2.25 bits per heavy atom. The second-order valence-electron chi connectivity index (χ2n) is 5.38. The highest BCUT2D eigenvalue weighted by Crippen LogP contribution is 2.27.